The molecule has 2 nitrogen and oxygen atoms in total. The van der Waals surface area contributed by atoms with Crippen LogP contribution in [0.4, 0.5) is 0 Å². The third kappa shape index (κ3) is 3.42. The molecule has 0 N–H and O–H groups in total. The van der Waals surface area contributed by atoms with E-state index in [1.165, 1.54) is 5.56 Å². The lowest BCUT2D eigenvalue weighted by Gasteiger charge is -2.32. The van der Waals surface area contributed by atoms with Gasteiger partial charge in [-0.3, -0.25) is 9.59 Å². The maximum absolute atomic E-state index is 12.8. The molecule has 0 bridgehead atoms. The van der Waals surface area contributed by atoms with Gasteiger partial charge in [0.25, 0.3) is 0 Å². The minimum atomic E-state index is -0.540. The Bertz CT molecular complexity index is 718. The van der Waals surface area contributed by atoms with E-state index in [0.29, 0.717) is 12.8 Å². The summed E-state index contributed by atoms with van der Waals surface area (Å²) in [5.74, 6) is 0.316. The minimum Gasteiger partial charge on any atom is -0.300 e. The van der Waals surface area contributed by atoms with Crippen LogP contribution < -0.4 is 0 Å². The number of benzene rings is 2. The van der Waals surface area contributed by atoms with Crippen LogP contribution in [0.15, 0.2) is 54.6 Å². The van der Waals surface area contributed by atoms with Crippen LogP contribution in [0.5, 0.6) is 0 Å². The van der Waals surface area contributed by atoms with E-state index >= 15 is 0 Å². The number of hydrogen-bond donors (Lipinski definition) is 0. The summed E-state index contributed by atoms with van der Waals surface area (Å²) in [4.78, 5) is 25.2. The maximum Gasteiger partial charge on any atom is 0.169 e. The van der Waals surface area contributed by atoms with Crippen molar-refractivity contribution in [3.8, 4) is 0 Å². The van der Waals surface area contributed by atoms with E-state index in [4.69, 9.17) is 0 Å². The SMILES string of the molecule is CC1(CC(=O)CCc2ccccc2)CCc2ccccc2C1=O. The second kappa shape index (κ2) is 6.49. The fraction of sp³-hybridized carbons (Fsp3) is 0.333. The van der Waals surface area contributed by atoms with Crippen LogP contribution in [0.3, 0.4) is 0 Å². The molecule has 0 heterocycles. The Balaban J connectivity index is 1.65. The van der Waals surface area contributed by atoms with E-state index in [-0.39, 0.29) is 11.6 Å². The third-order valence-corrected chi connectivity index (χ3v) is 4.88. The Hall–Kier alpha value is -2.22. The zero-order chi connectivity index (χ0) is 16.3. The van der Waals surface area contributed by atoms with Crippen LogP contribution in [-0.2, 0) is 17.6 Å². The molecule has 3 rings (SSSR count). The first-order valence-corrected chi connectivity index (χ1v) is 8.27. The molecule has 1 unspecified atom stereocenters. The van der Waals surface area contributed by atoms with E-state index in [0.717, 1.165) is 30.4 Å². The molecule has 2 aromatic carbocycles. The van der Waals surface area contributed by atoms with Crippen molar-refractivity contribution in [1.82, 2.24) is 0 Å². The fourth-order valence-corrected chi connectivity index (χ4v) is 3.43. The molecule has 0 aromatic heterocycles. The molecule has 2 aromatic rings. The molecule has 0 aliphatic heterocycles. The summed E-state index contributed by atoms with van der Waals surface area (Å²) < 4.78 is 0. The quantitative estimate of drug-likeness (QED) is 0.819. The topological polar surface area (TPSA) is 34.1 Å². The number of fused-ring (bicyclic) bond motifs is 1. The van der Waals surface area contributed by atoms with Gasteiger partial charge in [-0.1, -0.05) is 61.5 Å². The molecule has 1 atom stereocenters. The van der Waals surface area contributed by atoms with Crippen LogP contribution in [-0.4, -0.2) is 11.6 Å². The van der Waals surface area contributed by atoms with Crippen LogP contribution in [0.25, 0.3) is 0 Å². The average Bonchev–Trinajstić information content (AvgIpc) is 2.58. The lowest BCUT2D eigenvalue weighted by atomic mass is 9.69. The average molecular weight is 306 g/mol. The predicted octanol–water partition coefficient (Wildman–Crippen LogP) is 4.41. The van der Waals surface area contributed by atoms with Crippen molar-refractivity contribution in [2.24, 2.45) is 5.41 Å². The first-order valence-electron chi connectivity index (χ1n) is 8.27. The van der Waals surface area contributed by atoms with Gasteiger partial charge in [0.05, 0.1) is 0 Å². The molecule has 0 saturated heterocycles. The normalized spacial score (nSPS) is 20.1. The molecule has 0 spiro atoms. The standard InChI is InChI=1S/C21H22O2/c1-21(14-13-17-9-5-6-10-19(17)20(21)23)15-18(22)12-11-16-7-3-2-4-8-16/h2-10H,11-15H2,1H3. The third-order valence-electron chi connectivity index (χ3n) is 4.88. The van der Waals surface area contributed by atoms with Gasteiger partial charge < -0.3 is 0 Å². The van der Waals surface area contributed by atoms with Crippen molar-refractivity contribution in [2.45, 2.75) is 39.0 Å². The molecule has 0 saturated carbocycles. The molecule has 0 radical (unpaired) electrons. The zero-order valence-electron chi connectivity index (χ0n) is 13.5. The van der Waals surface area contributed by atoms with Crippen molar-refractivity contribution >= 4 is 11.6 Å². The first kappa shape index (κ1) is 15.7. The molecule has 1 aliphatic rings. The number of Topliss-reactive ketones (excluding diaryl/α,β-unsaturated/α-hetero) is 2. The number of carbonyl (C=O) groups excluding carboxylic acids is 2. The number of aryl methyl sites for hydroxylation is 2. The van der Waals surface area contributed by atoms with Gasteiger partial charge in [0, 0.05) is 23.8 Å². The molecule has 2 heteroatoms. The fourth-order valence-electron chi connectivity index (χ4n) is 3.43. The van der Waals surface area contributed by atoms with Crippen LogP contribution in [0.1, 0.15) is 47.7 Å². The first-order chi connectivity index (χ1) is 11.1. The minimum absolute atomic E-state index is 0.132. The molecular weight excluding hydrogens is 284 g/mol. The smallest absolute Gasteiger partial charge is 0.169 e. The van der Waals surface area contributed by atoms with Gasteiger partial charge in [-0.2, -0.15) is 0 Å². The van der Waals surface area contributed by atoms with Gasteiger partial charge in [-0.15, -0.1) is 0 Å². The number of ketones is 2. The largest absolute Gasteiger partial charge is 0.300 e. The molecule has 0 amide bonds. The van der Waals surface area contributed by atoms with Crippen molar-refractivity contribution < 1.29 is 9.59 Å². The van der Waals surface area contributed by atoms with Crippen molar-refractivity contribution in [3.63, 3.8) is 0 Å². The van der Waals surface area contributed by atoms with Crippen LogP contribution in [0, 0.1) is 5.41 Å². The summed E-state index contributed by atoms with van der Waals surface area (Å²) in [5, 5.41) is 0. The molecule has 0 fully saturated rings. The summed E-state index contributed by atoms with van der Waals surface area (Å²) in [5.41, 5.74) is 2.55. The van der Waals surface area contributed by atoms with Gasteiger partial charge in [-0.25, -0.2) is 0 Å². The van der Waals surface area contributed by atoms with E-state index < -0.39 is 5.41 Å². The molecule has 1 aliphatic carbocycles. The van der Waals surface area contributed by atoms with E-state index in [1.54, 1.807) is 0 Å². The van der Waals surface area contributed by atoms with Crippen LogP contribution in [0.2, 0.25) is 0 Å². The van der Waals surface area contributed by atoms with Gasteiger partial charge >= 0.3 is 0 Å². The summed E-state index contributed by atoms with van der Waals surface area (Å²) in [6.07, 6.45) is 3.26. The van der Waals surface area contributed by atoms with Gasteiger partial charge in [0.1, 0.15) is 5.78 Å². The maximum atomic E-state index is 12.8. The molecule has 118 valence electrons. The predicted molar refractivity (Wildman–Crippen MR) is 91.6 cm³/mol. The second-order valence-electron chi connectivity index (χ2n) is 6.75. The number of carbonyl (C=O) groups is 2. The summed E-state index contributed by atoms with van der Waals surface area (Å²) >= 11 is 0. The lowest BCUT2D eigenvalue weighted by molar-refractivity contribution is -0.120. The Morgan fingerprint density at radius 3 is 2.52 bits per heavy atom. The number of rotatable bonds is 5. The number of hydrogen-bond acceptors (Lipinski definition) is 2. The van der Waals surface area contributed by atoms with Crippen molar-refractivity contribution in [2.75, 3.05) is 0 Å². The highest BCUT2D eigenvalue weighted by molar-refractivity contribution is 6.04. The van der Waals surface area contributed by atoms with Crippen molar-refractivity contribution in [3.05, 3.63) is 71.3 Å². The summed E-state index contributed by atoms with van der Waals surface area (Å²) in [6, 6.07) is 17.8. The molecule has 23 heavy (non-hydrogen) atoms. The van der Waals surface area contributed by atoms with E-state index in [1.807, 2.05) is 61.5 Å². The second-order valence-corrected chi connectivity index (χ2v) is 6.75. The summed E-state index contributed by atoms with van der Waals surface area (Å²) in [6.45, 7) is 1.95. The zero-order valence-corrected chi connectivity index (χ0v) is 13.5. The Labute approximate surface area is 137 Å². The van der Waals surface area contributed by atoms with Gasteiger partial charge in [0.15, 0.2) is 5.78 Å². The highest BCUT2D eigenvalue weighted by atomic mass is 16.1. The highest BCUT2D eigenvalue weighted by Crippen LogP contribution is 2.38. The van der Waals surface area contributed by atoms with E-state index in [9.17, 15) is 9.59 Å². The summed E-state index contributed by atoms with van der Waals surface area (Å²) in [7, 11) is 0. The molecular formula is C21H22O2. The Kier molecular flexibility index (Phi) is 4.42. The van der Waals surface area contributed by atoms with Crippen molar-refractivity contribution in [1.29, 1.82) is 0 Å². The Morgan fingerprint density at radius 1 is 1.04 bits per heavy atom. The monoisotopic (exact) mass is 306 g/mol. The van der Waals surface area contributed by atoms with Crippen LogP contribution >= 0.6 is 0 Å². The lowest BCUT2D eigenvalue weighted by Crippen LogP contribution is -2.35. The van der Waals surface area contributed by atoms with E-state index in [2.05, 4.69) is 0 Å². The Morgan fingerprint density at radius 2 is 1.74 bits per heavy atom. The highest BCUT2D eigenvalue weighted by Gasteiger charge is 2.39. The van der Waals surface area contributed by atoms with Gasteiger partial charge in [-0.05, 0) is 30.4 Å². The van der Waals surface area contributed by atoms with Gasteiger partial charge in [0.2, 0.25) is 0 Å².